The molecule has 1 N–H and O–H groups in total. The van der Waals surface area contributed by atoms with Gasteiger partial charge in [0.2, 0.25) is 0 Å². The number of hydrogen-bond acceptors (Lipinski definition) is 4. The van der Waals surface area contributed by atoms with Gasteiger partial charge in [-0.15, -0.1) is 11.3 Å². The molecule has 21 heavy (non-hydrogen) atoms. The van der Waals surface area contributed by atoms with E-state index in [2.05, 4.69) is 4.98 Å². The average molecular weight is 297 g/mol. The summed E-state index contributed by atoms with van der Waals surface area (Å²) in [4.78, 5) is 4.57. The quantitative estimate of drug-likeness (QED) is 0.804. The molecule has 0 radical (unpaired) electrons. The summed E-state index contributed by atoms with van der Waals surface area (Å²) in [7, 11) is 1.66. The molecular weight excluding hydrogens is 282 g/mol. The number of pyridine rings is 1. The van der Waals surface area contributed by atoms with E-state index in [-0.39, 0.29) is 0 Å². The molecule has 0 saturated carbocycles. The maximum Gasteiger partial charge on any atom is 0.182 e. The Morgan fingerprint density at radius 2 is 1.86 bits per heavy atom. The van der Waals surface area contributed by atoms with Gasteiger partial charge in [0, 0.05) is 17.8 Å². The van der Waals surface area contributed by atoms with Gasteiger partial charge in [-0.05, 0) is 47.5 Å². The molecule has 1 aromatic carbocycles. The molecule has 0 aliphatic rings. The van der Waals surface area contributed by atoms with Gasteiger partial charge in [0.25, 0.3) is 0 Å². The third-order valence-corrected chi connectivity index (χ3v) is 4.08. The number of methoxy groups -OCH3 is 1. The van der Waals surface area contributed by atoms with E-state index in [1.165, 1.54) is 11.3 Å². The first-order valence-corrected chi connectivity index (χ1v) is 7.42. The van der Waals surface area contributed by atoms with Crippen LogP contribution >= 0.6 is 11.3 Å². The van der Waals surface area contributed by atoms with Crippen molar-refractivity contribution in [2.75, 3.05) is 7.11 Å². The minimum atomic E-state index is 0.539. The van der Waals surface area contributed by atoms with Crippen molar-refractivity contribution in [2.45, 2.75) is 6.54 Å². The Balaban J connectivity index is 1.98. The van der Waals surface area contributed by atoms with Crippen molar-refractivity contribution in [3.05, 3.63) is 64.5 Å². The number of hydrogen-bond donors (Lipinski definition) is 1. The monoisotopic (exact) mass is 297 g/mol. The van der Waals surface area contributed by atoms with Gasteiger partial charge in [0.1, 0.15) is 5.75 Å². The van der Waals surface area contributed by atoms with Crippen molar-refractivity contribution < 1.29 is 4.74 Å². The normalized spacial score (nSPS) is 10.5. The zero-order valence-electron chi connectivity index (χ0n) is 11.6. The van der Waals surface area contributed by atoms with Crippen LogP contribution in [0.1, 0.15) is 5.56 Å². The number of rotatable bonds is 4. The summed E-state index contributed by atoms with van der Waals surface area (Å²) in [5, 5.41) is 10.1. The largest absolute Gasteiger partial charge is 0.497 e. The maximum atomic E-state index is 8.11. The van der Waals surface area contributed by atoms with E-state index >= 15 is 0 Å². The zero-order valence-corrected chi connectivity index (χ0v) is 12.4. The fourth-order valence-electron chi connectivity index (χ4n) is 2.16. The lowest BCUT2D eigenvalue weighted by atomic mass is 10.1. The smallest absolute Gasteiger partial charge is 0.182 e. The summed E-state index contributed by atoms with van der Waals surface area (Å²) in [6.45, 7) is 0.673. The van der Waals surface area contributed by atoms with E-state index in [0.717, 1.165) is 22.6 Å². The Morgan fingerprint density at radius 1 is 1.14 bits per heavy atom. The second-order valence-electron chi connectivity index (χ2n) is 4.60. The lowest BCUT2D eigenvalue weighted by Crippen LogP contribution is -2.15. The van der Waals surface area contributed by atoms with Crippen molar-refractivity contribution in [1.29, 1.82) is 5.41 Å². The van der Waals surface area contributed by atoms with Crippen LogP contribution in [-0.4, -0.2) is 16.7 Å². The van der Waals surface area contributed by atoms with E-state index in [1.54, 1.807) is 19.5 Å². The predicted octanol–water partition coefficient (Wildman–Crippen LogP) is 3.15. The Morgan fingerprint density at radius 3 is 2.52 bits per heavy atom. The van der Waals surface area contributed by atoms with Crippen LogP contribution in [0.15, 0.2) is 54.2 Å². The molecule has 0 aliphatic carbocycles. The summed E-state index contributed by atoms with van der Waals surface area (Å²) >= 11 is 1.44. The number of nitrogens with zero attached hydrogens (tertiary/aromatic N) is 2. The molecule has 4 nitrogen and oxygen atoms in total. The fraction of sp³-hybridized carbons (Fsp3) is 0.125. The summed E-state index contributed by atoms with van der Waals surface area (Å²) in [5.74, 6) is 0.834. The predicted molar refractivity (Wildman–Crippen MR) is 83.5 cm³/mol. The summed E-state index contributed by atoms with van der Waals surface area (Å²) < 4.78 is 7.19. The summed E-state index contributed by atoms with van der Waals surface area (Å²) in [5.41, 5.74) is 3.26. The molecule has 0 unspecified atom stereocenters. The highest BCUT2D eigenvalue weighted by Gasteiger charge is 2.08. The van der Waals surface area contributed by atoms with E-state index < -0.39 is 0 Å². The van der Waals surface area contributed by atoms with Crippen molar-refractivity contribution in [2.24, 2.45) is 0 Å². The van der Waals surface area contributed by atoms with E-state index in [0.29, 0.717) is 11.3 Å². The molecular formula is C16H15N3OS. The minimum absolute atomic E-state index is 0.539. The minimum Gasteiger partial charge on any atom is -0.497 e. The van der Waals surface area contributed by atoms with Crippen LogP contribution in [-0.2, 0) is 6.54 Å². The Bertz CT molecular complexity index is 775. The number of ether oxygens (including phenoxy) is 1. The Hall–Kier alpha value is -2.40. The van der Waals surface area contributed by atoms with E-state index in [4.69, 9.17) is 10.1 Å². The van der Waals surface area contributed by atoms with Gasteiger partial charge in [0.05, 0.1) is 19.3 Å². The number of aromatic nitrogens is 2. The van der Waals surface area contributed by atoms with Gasteiger partial charge in [-0.2, -0.15) is 0 Å². The van der Waals surface area contributed by atoms with E-state index in [1.807, 2.05) is 46.3 Å². The number of nitrogens with one attached hydrogen (secondary N) is 1. The Kier molecular flexibility index (Phi) is 3.83. The van der Waals surface area contributed by atoms with Crippen LogP contribution in [0.4, 0.5) is 0 Å². The second kappa shape index (κ2) is 5.93. The molecule has 0 bridgehead atoms. The highest BCUT2D eigenvalue weighted by molar-refractivity contribution is 7.07. The lowest BCUT2D eigenvalue weighted by molar-refractivity contribution is 0.415. The summed E-state index contributed by atoms with van der Waals surface area (Å²) in [6.07, 6.45) is 3.55. The lowest BCUT2D eigenvalue weighted by Gasteiger charge is -2.09. The third-order valence-electron chi connectivity index (χ3n) is 3.29. The van der Waals surface area contributed by atoms with Gasteiger partial charge in [-0.25, -0.2) is 0 Å². The zero-order chi connectivity index (χ0) is 14.7. The van der Waals surface area contributed by atoms with Crippen LogP contribution in [0, 0.1) is 5.41 Å². The van der Waals surface area contributed by atoms with Crippen LogP contribution < -0.4 is 9.54 Å². The van der Waals surface area contributed by atoms with Crippen LogP contribution in [0.2, 0.25) is 0 Å². The molecule has 2 aromatic heterocycles. The van der Waals surface area contributed by atoms with Crippen molar-refractivity contribution >= 4 is 11.3 Å². The molecule has 0 aliphatic heterocycles. The highest BCUT2D eigenvalue weighted by Crippen LogP contribution is 2.23. The van der Waals surface area contributed by atoms with Gasteiger partial charge in [0.15, 0.2) is 4.80 Å². The molecule has 0 atom stereocenters. The van der Waals surface area contributed by atoms with Crippen LogP contribution in [0.25, 0.3) is 11.3 Å². The third kappa shape index (κ3) is 2.87. The average Bonchev–Trinajstić information content (AvgIpc) is 2.90. The molecule has 3 rings (SSSR count). The molecule has 3 aromatic rings. The van der Waals surface area contributed by atoms with Gasteiger partial charge in [-0.3, -0.25) is 10.4 Å². The SMILES string of the molecule is COc1ccc(-c2csc(=N)n2Cc2ccncc2)cc1. The van der Waals surface area contributed by atoms with Crippen molar-refractivity contribution in [3.63, 3.8) is 0 Å². The molecule has 0 saturated heterocycles. The number of benzene rings is 1. The molecule has 2 heterocycles. The van der Waals surface area contributed by atoms with Gasteiger partial charge < -0.3 is 9.30 Å². The van der Waals surface area contributed by atoms with Crippen molar-refractivity contribution in [1.82, 2.24) is 9.55 Å². The first-order chi connectivity index (χ1) is 10.3. The van der Waals surface area contributed by atoms with Crippen molar-refractivity contribution in [3.8, 4) is 17.0 Å². The first-order valence-electron chi connectivity index (χ1n) is 6.54. The van der Waals surface area contributed by atoms with Gasteiger partial charge >= 0.3 is 0 Å². The second-order valence-corrected chi connectivity index (χ2v) is 5.45. The first kappa shape index (κ1) is 13.6. The number of thiazole rings is 1. The fourth-order valence-corrected chi connectivity index (χ4v) is 2.94. The standard InChI is InChI=1S/C16H15N3OS/c1-20-14-4-2-13(3-5-14)15-11-21-16(17)19(15)10-12-6-8-18-9-7-12/h2-9,11,17H,10H2,1H3. The molecule has 0 spiro atoms. The van der Waals surface area contributed by atoms with Crippen LogP contribution in [0.5, 0.6) is 5.75 Å². The molecule has 0 fully saturated rings. The van der Waals surface area contributed by atoms with E-state index in [9.17, 15) is 0 Å². The molecule has 5 heteroatoms. The molecule has 106 valence electrons. The summed E-state index contributed by atoms with van der Waals surface area (Å²) in [6, 6.07) is 11.9. The maximum absolute atomic E-state index is 8.11. The Labute approximate surface area is 126 Å². The topological polar surface area (TPSA) is 50.9 Å². The highest BCUT2D eigenvalue weighted by atomic mass is 32.1. The van der Waals surface area contributed by atoms with Gasteiger partial charge in [-0.1, -0.05) is 0 Å². The molecule has 0 amide bonds. The van der Waals surface area contributed by atoms with Crippen LogP contribution in [0.3, 0.4) is 0 Å².